The average Bonchev–Trinajstić information content (AvgIpc) is 2.09. The van der Waals surface area contributed by atoms with Gasteiger partial charge >= 0.3 is 0 Å². The fourth-order valence-corrected chi connectivity index (χ4v) is 0.863. The molecule has 0 amide bonds. The standard InChI is InChI=1S/C9H10O3/c1-12-9-6-7(4-5-10)2-3-8(9)11/h2-3,5-6,11H,4H2,1H3/i1D3. The van der Waals surface area contributed by atoms with Crippen molar-refractivity contribution in [3.8, 4) is 11.5 Å². The van der Waals surface area contributed by atoms with Gasteiger partial charge in [-0.3, -0.25) is 0 Å². The largest absolute Gasteiger partial charge is 0.504 e. The SMILES string of the molecule is [2H]C([2H])([2H])Oc1cc(CC=O)ccc1O. The van der Waals surface area contributed by atoms with Crippen molar-refractivity contribution in [1.82, 2.24) is 0 Å². The molecule has 0 spiro atoms. The van der Waals surface area contributed by atoms with Crippen LogP contribution in [0.3, 0.4) is 0 Å². The zero-order valence-corrected chi connectivity index (χ0v) is 6.28. The lowest BCUT2D eigenvalue weighted by molar-refractivity contribution is -0.107. The van der Waals surface area contributed by atoms with Gasteiger partial charge < -0.3 is 14.6 Å². The van der Waals surface area contributed by atoms with Crippen LogP contribution in [0.2, 0.25) is 0 Å². The second-order valence-corrected chi connectivity index (χ2v) is 2.27. The molecular weight excluding hydrogens is 156 g/mol. The van der Waals surface area contributed by atoms with E-state index in [0.717, 1.165) is 0 Å². The minimum Gasteiger partial charge on any atom is -0.504 e. The van der Waals surface area contributed by atoms with Gasteiger partial charge in [0, 0.05) is 6.42 Å². The van der Waals surface area contributed by atoms with Gasteiger partial charge in [0.15, 0.2) is 11.5 Å². The molecule has 1 aromatic carbocycles. The average molecular weight is 169 g/mol. The molecule has 1 aromatic rings. The molecular formula is C9H10O3. The number of methoxy groups -OCH3 is 1. The second kappa shape index (κ2) is 3.76. The minimum atomic E-state index is -2.61. The molecule has 0 aliphatic heterocycles. The third kappa shape index (κ3) is 1.75. The quantitative estimate of drug-likeness (QED) is 0.690. The number of phenolic OH excluding ortho intramolecular Hbond substituents is 1. The number of phenols is 1. The third-order valence-electron chi connectivity index (χ3n) is 1.45. The molecule has 0 fully saturated rings. The summed E-state index contributed by atoms with van der Waals surface area (Å²) in [5.41, 5.74) is 0.585. The Morgan fingerprint density at radius 1 is 1.75 bits per heavy atom. The van der Waals surface area contributed by atoms with Crippen molar-refractivity contribution in [2.75, 3.05) is 7.04 Å². The first-order chi connectivity index (χ1) is 6.92. The van der Waals surface area contributed by atoms with Gasteiger partial charge in [-0.15, -0.1) is 0 Å². The maximum Gasteiger partial charge on any atom is 0.160 e. The fraction of sp³-hybridized carbons (Fsp3) is 0.222. The fourth-order valence-electron chi connectivity index (χ4n) is 0.863. The summed E-state index contributed by atoms with van der Waals surface area (Å²) in [6, 6.07) is 4.14. The zero-order valence-electron chi connectivity index (χ0n) is 9.28. The molecule has 0 heterocycles. The first-order valence-corrected chi connectivity index (χ1v) is 3.37. The van der Waals surface area contributed by atoms with Crippen LogP contribution in [-0.2, 0) is 11.2 Å². The molecule has 0 bridgehead atoms. The summed E-state index contributed by atoms with van der Waals surface area (Å²) in [6.45, 7) is 0. The molecule has 1 rings (SSSR count). The van der Waals surface area contributed by atoms with Gasteiger partial charge in [-0.2, -0.15) is 0 Å². The zero-order chi connectivity index (χ0) is 11.5. The van der Waals surface area contributed by atoms with E-state index >= 15 is 0 Å². The van der Waals surface area contributed by atoms with Crippen LogP contribution >= 0.6 is 0 Å². The van der Waals surface area contributed by atoms with Gasteiger partial charge in [-0.1, -0.05) is 6.07 Å². The lowest BCUT2D eigenvalue weighted by Crippen LogP contribution is -1.88. The van der Waals surface area contributed by atoms with Gasteiger partial charge in [0.05, 0.1) is 11.2 Å². The number of carbonyl (C=O) groups is 1. The van der Waals surface area contributed by atoms with E-state index in [1.54, 1.807) is 0 Å². The Hall–Kier alpha value is -1.51. The van der Waals surface area contributed by atoms with Gasteiger partial charge in [-0.05, 0) is 17.7 Å². The van der Waals surface area contributed by atoms with Crippen LogP contribution in [-0.4, -0.2) is 18.4 Å². The summed E-state index contributed by atoms with van der Waals surface area (Å²) in [4.78, 5) is 10.2. The molecule has 0 aliphatic carbocycles. The van der Waals surface area contributed by atoms with Crippen molar-refractivity contribution >= 4 is 6.29 Å². The summed E-state index contributed by atoms with van der Waals surface area (Å²) in [6.07, 6.45) is 0.836. The van der Waals surface area contributed by atoms with E-state index in [1.165, 1.54) is 18.2 Å². The highest BCUT2D eigenvalue weighted by molar-refractivity contribution is 5.56. The highest BCUT2D eigenvalue weighted by Crippen LogP contribution is 2.25. The first kappa shape index (κ1) is 5.19. The van der Waals surface area contributed by atoms with Crippen molar-refractivity contribution in [1.29, 1.82) is 0 Å². The van der Waals surface area contributed by atoms with Crippen molar-refractivity contribution in [2.24, 2.45) is 0 Å². The predicted octanol–water partition coefficient (Wildman–Crippen LogP) is 1.14. The number of carbonyl (C=O) groups excluding carboxylic acids is 1. The first-order valence-electron chi connectivity index (χ1n) is 4.87. The van der Waals surface area contributed by atoms with E-state index in [0.29, 0.717) is 11.8 Å². The highest BCUT2D eigenvalue weighted by atomic mass is 16.5. The maximum atomic E-state index is 10.2. The van der Waals surface area contributed by atoms with Crippen LogP contribution < -0.4 is 4.74 Å². The van der Waals surface area contributed by atoms with E-state index in [9.17, 15) is 9.90 Å². The monoisotopic (exact) mass is 169 g/mol. The molecule has 0 atom stereocenters. The molecule has 64 valence electrons. The second-order valence-electron chi connectivity index (χ2n) is 2.27. The minimum absolute atomic E-state index is 0.144. The third-order valence-corrected chi connectivity index (χ3v) is 1.45. The van der Waals surface area contributed by atoms with Crippen LogP contribution in [0, 0.1) is 0 Å². The Balaban J connectivity index is 2.95. The Labute approximate surface area is 74.8 Å². The summed E-state index contributed by atoms with van der Waals surface area (Å²) >= 11 is 0. The van der Waals surface area contributed by atoms with E-state index in [1.807, 2.05) is 0 Å². The number of benzene rings is 1. The van der Waals surface area contributed by atoms with E-state index in [-0.39, 0.29) is 17.9 Å². The van der Waals surface area contributed by atoms with Crippen molar-refractivity contribution in [3.05, 3.63) is 23.8 Å². The van der Waals surface area contributed by atoms with E-state index < -0.39 is 7.04 Å². The van der Waals surface area contributed by atoms with E-state index in [4.69, 9.17) is 4.11 Å². The Bertz CT molecular complexity index is 360. The molecule has 3 heteroatoms. The summed E-state index contributed by atoms with van der Waals surface area (Å²) in [7, 11) is -2.61. The van der Waals surface area contributed by atoms with Crippen LogP contribution in [0.1, 0.15) is 9.68 Å². The lowest BCUT2D eigenvalue weighted by Gasteiger charge is -2.03. The number of ether oxygens (including phenoxy) is 1. The maximum absolute atomic E-state index is 10.2. The van der Waals surface area contributed by atoms with Crippen LogP contribution in [0.25, 0.3) is 0 Å². The smallest absolute Gasteiger partial charge is 0.160 e. The highest BCUT2D eigenvalue weighted by Gasteiger charge is 2.01. The molecule has 0 saturated carbocycles. The van der Waals surface area contributed by atoms with Crippen LogP contribution in [0.15, 0.2) is 18.2 Å². The van der Waals surface area contributed by atoms with E-state index in [2.05, 4.69) is 4.74 Å². The van der Waals surface area contributed by atoms with Gasteiger partial charge in [0.25, 0.3) is 0 Å². The Morgan fingerprint density at radius 3 is 3.25 bits per heavy atom. The predicted molar refractivity (Wildman–Crippen MR) is 44.4 cm³/mol. The molecule has 0 radical (unpaired) electrons. The van der Waals surface area contributed by atoms with Gasteiger partial charge in [0.1, 0.15) is 6.29 Å². The molecule has 0 saturated heterocycles. The lowest BCUT2D eigenvalue weighted by atomic mass is 10.1. The number of aldehydes is 1. The Morgan fingerprint density at radius 2 is 2.58 bits per heavy atom. The normalized spacial score (nSPS) is 14.2. The topological polar surface area (TPSA) is 46.5 Å². The van der Waals surface area contributed by atoms with Gasteiger partial charge in [0.2, 0.25) is 0 Å². The van der Waals surface area contributed by atoms with Crippen molar-refractivity contribution < 1.29 is 18.8 Å². The molecule has 3 nitrogen and oxygen atoms in total. The molecule has 0 aliphatic rings. The van der Waals surface area contributed by atoms with Crippen molar-refractivity contribution in [2.45, 2.75) is 6.42 Å². The summed E-state index contributed by atoms with van der Waals surface area (Å²) < 4.78 is 25.2. The Kier molecular flexibility index (Phi) is 1.63. The number of hydrogen-bond donors (Lipinski definition) is 1. The van der Waals surface area contributed by atoms with Crippen molar-refractivity contribution in [3.63, 3.8) is 0 Å². The summed E-state index contributed by atoms with van der Waals surface area (Å²) in [5.74, 6) is -0.407. The number of hydrogen-bond acceptors (Lipinski definition) is 3. The van der Waals surface area contributed by atoms with Crippen LogP contribution in [0.5, 0.6) is 11.5 Å². The molecule has 12 heavy (non-hydrogen) atoms. The van der Waals surface area contributed by atoms with Gasteiger partial charge in [-0.25, -0.2) is 0 Å². The number of rotatable bonds is 3. The molecule has 0 unspecified atom stereocenters. The van der Waals surface area contributed by atoms with Crippen LogP contribution in [0.4, 0.5) is 0 Å². The number of aromatic hydroxyl groups is 1. The molecule has 1 N–H and O–H groups in total. The molecule has 0 aromatic heterocycles. The summed E-state index contributed by atoms with van der Waals surface area (Å²) in [5, 5.41) is 9.30.